The molecule has 0 bridgehead atoms. The average Bonchev–Trinajstić information content (AvgIpc) is 2.92. The number of nitrogens with one attached hydrogen (secondary N) is 2. The number of piperidine rings is 1. The highest BCUT2D eigenvalue weighted by molar-refractivity contribution is 6.31. The number of rotatable bonds is 2. The van der Waals surface area contributed by atoms with E-state index in [1.54, 1.807) is 6.92 Å². The summed E-state index contributed by atoms with van der Waals surface area (Å²) < 4.78 is 0. The lowest BCUT2D eigenvalue weighted by Crippen LogP contribution is -2.49. The molecule has 1 aliphatic heterocycles. The van der Waals surface area contributed by atoms with E-state index < -0.39 is 0 Å². The van der Waals surface area contributed by atoms with Crippen LogP contribution in [0.15, 0.2) is 18.2 Å². The van der Waals surface area contributed by atoms with Crippen LogP contribution < -0.4 is 10.6 Å². The topological polar surface area (TPSA) is 61.4 Å². The Bertz CT molecular complexity index is 612. The molecule has 2 aliphatic rings. The second-order valence-corrected chi connectivity index (χ2v) is 6.70. The Hall–Kier alpha value is -1.75. The molecule has 1 aliphatic carbocycles. The van der Waals surface area contributed by atoms with Crippen LogP contribution in [0.1, 0.15) is 43.4 Å². The van der Waals surface area contributed by atoms with Crippen LogP contribution in [0.5, 0.6) is 0 Å². The van der Waals surface area contributed by atoms with Crippen molar-refractivity contribution in [3.8, 4) is 0 Å². The second kappa shape index (κ2) is 6.79. The Morgan fingerprint density at radius 3 is 2.61 bits per heavy atom. The number of nitrogens with zero attached hydrogens (tertiary/aromatic N) is 1. The van der Waals surface area contributed by atoms with Gasteiger partial charge < -0.3 is 15.5 Å². The van der Waals surface area contributed by atoms with Crippen LogP contribution in [0.4, 0.5) is 4.79 Å². The van der Waals surface area contributed by atoms with Gasteiger partial charge in [0.15, 0.2) is 0 Å². The van der Waals surface area contributed by atoms with Crippen LogP contribution in [0.2, 0.25) is 5.02 Å². The molecule has 23 heavy (non-hydrogen) atoms. The molecule has 2 N–H and O–H groups in total. The van der Waals surface area contributed by atoms with E-state index in [1.807, 2.05) is 23.1 Å². The first-order chi connectivity index (χ1) is 11.0. The van der Waals surface area contributed by atoms with E-state index in [9.17, 15) is 9.59 Å². The molecular formula is C17H22ClN3O2. The molecule has 6 heteroatoms. The van der Waals surface area contributed by atoms with E-state index >= 15 is 0 Å². The molecule has 0 aromatic heterocycles. The average molecular weight is 336 g/mol. The summed E-state index contributed by atoms with van der Waals surface area (Å²) in [6.45, 7) is 3.01. The largest absolute Gasteiger partial charge is 0.343 e. The Labute approximate surface area is 141 Å². The van der Waals surface area contributed by atoms with Crippen LogP contribution in [-0.4, -0.2) is 36.0 Å². The predicted molar refractivity (Wildman–Crippen MR) is 89.5 cm³/mol. The lowest BCUT2D eigenvalue weighted by atomic mass is 10.1. The van der Waals surface area contributed by atoms with Gasteiger partial charge in [-0.25, -0.2) is 4.79 Å². The molecule has 1 atom stereocenters. The van der Waals surface area contributed by atoms with Crippen molar-refractivity contribution in [3.63, 3.8) is 0 Å². The fourth-order valence-corrected chi connectivity index (χ4v) is 3.76. The van der Waals surface area contributed by atoms with Crippen molar-refractivity contribution in [1.82, 2.24) is 15.5 Å². The molecule has 1 heterocycles. The van der Waals surface area contributed by atoms with Crippen molar-refractivity contribution >= 4 is 23.5 Å². The van der Waals surface area contributed by atoms with E-state index in [4.69, 9.17) is 11.6 Å². The highest BCUT2D eigenvalue weighted by Gasteiger charge is 2.27. The number of likely N-dealkylation sites (tertiary alicyclic amines) is 1. The summed E-state index contributed by atoms with van der Waals surface area (Å²) in [6, 6.07) is 5.88. The van der Waals surface area contributed by atoms with Gasteiger partial charge >= 0.3 is 6.03 Å². The summed E-state index contributed by atoms with van der Waals surface area (Å²) in [5, 5.41) is 6.87. The highest BCUT2D eigenvalue weighted by atomic mass is 35.5. The van der Waals surface area contributed by atoms with Crippen molar-refractivity contribution in [1.29, 1.82) is 0 Å². The fraction of sp³-hybridized carbons (Fsp3) is 0.529. The zero-order valence-corrected chi connectivity index (χ0v) is 14.0. The maximum atomic E-state index is 12.2. The zero-order valence-electron chi connectivity index (χ0n) is 13.3. The van der Waals surface area contributed by atoms with Gasteiger partial charge in [-0.3, -0.25) is 4.79 Å². The SMILES string of the molecule is CC(=O)N1CCC(NC(=O)NC2CCc3c(Cl)cccc32)CC1. The molecule has 5 nitrogen and oxygen atoms in total. The molecular weight excluding hydrogens is 314 g/mol. The summed E-state index contributed by atoms with van der Waals surface area (Å²) in [4.78, 5) is 25.4. The molecule has 1 saturated heterocycles. The van der Waals surface area contributed by atoms with Crippen molar-refractivity contribution in [2.45, 2.75) is 44.7 Å². The smallest absolute Gasteiger partial charge is 0.315 e. The summed E-state index contributed by atoms with van der Waals surface area (Å²) in [7, 11) is 0. The molecule has 3 amide bonds. The quantitative estimate of drug-likeness (QED) is 0.872. The lowest BCUT2D eigenvalue weighted by Gasteiger charge is -2.32. The Kier molecular flexibility index (Phi) is 4.76. The number of halogens is 1. The molecule has 1 aromatic rings. The summed E-state index contributed by atoms with van der Waals surface area (Å²) >= 11 is 6.21. The number of fused-ring (bicyclic) bond motifs is 1. The number of hydrogen-bond donors (Lipinski definition) is 2. The summed E-state index contributed by atoms with van der Waals surface area (Å²) in [5.74, 6) is 0.104. The number of amides is 3. The number of urea groups is 1. The standard InChI is InChI=1S/C17H22ClN3O2/c1-11(22)21-9-7-12(8-10-21)19-17(23)20-16-6-5-13-14(16)3-2-4-15(13)18/h2-4,12,16H,5-10H2,1H3,(H2,19,20,23). The first-order valence-electron chi connectivity index (χ1n) is 8.14. The molecule has 0 radical (unpaired) electrons. The van der Waals surface area contributed by atoms with Gasteiger partial charge in [0.2, 0.25) is 5.91 Å². The molecule has 1 fully saturated rings. The minimum atomic E-state index is -0.135. The first-order valence-corrected chi connectivity index (χ1v) is 8.52. The number of carbonyl (C=O) groups is 2. The van der Waals surface area contributed by atoms with Gasteiger partial charge in [-0.05, 0) is 42.9 Å². The minimum Gasteiger partial charge on any atom is -0.343 e. The molecule has 1 aromatic carbocycles. The van der Waals surface area contributed by atoms with Crippen molar-refractivity contribution in [2.24, 2.45) is 0 Å². The maximum Gasteiger partial charge on any atom is 0.315 e. The third kappa shape index (κ3) is 3.61. The summed E-state index contributed by atoms with van der Waals surface area (Å²) in [5.41, 5.74) is 2.27. The Morgan fingerprint density at radius 2 is 1.91 bits per heavy atom. The first kappa shape index (κ1) is 16.1. The highest BCUT2D eigenvalue weighted by Crippen LogP contribution is 2.35. The van der Waals surface area contributed by atoms with E-state index in [-0.39, 0.29) is 24.0 Å². The Balaban J connectivity index is 1.52. The summed E-state index contributed by atoms with van der Waals surface area (Å²) in [6.07, 6.45) is 3.40. The van der Waals surface area contributed by atoms with Gasteiger partial charge in [0.1, 0.15) is 0 Å². The van der Waals surface area contributed by atoms with Crippen LogP contribution >= 0.6 is 11.6 Å². The third-order valence-electron chi connectivity index (χ3n) is 4.79. The molecule has 1 unspecified atom stereocenters. The monoisotopic (exact) mass is 335 g/mol. The van der Waals surface area contributed by atoms with E-state index in [1.165, 1.54) is 0 Å². The van der Waals surface area contributed by atoms with Gasteiger partial charge in [0.25, 0.3) is 0 Å². The number of carbonyl (C=O) groups excluding carboxylic acids is 2. The van der Waals surface area contributed by atoms with E-state index in [2.05, 4.69) is 10.6 Å². The molecule has 124 valence electrons. The van der Waals surface area contributed by atoms with E-state index in [0.29, 0.717) is 13.1 Å². The molecule has 0 saturated carbocycles. The van der Waals surface area contributed by atoms with Crippen LogP contribution in [0, 0.1) is 0 Å². The van der Waals surface area contributed by atoms with Crippen LogP contribution in [0.3, 0.4) is 0 Å². The number of benzene rings is 1. The van der Waals surface area contributed by atoms with Gasteiger partial charge in [-0.1, -0.05) is 23.7 Å². The fourth-order valence-electron chi connectivity index (χ4n) is 3.48. The lowest BCUT2D eigenvalue weighted by molar-refractivity contribution is -0.129. The maximum absolute atomic E-state index is 12.2. The van der Waals surface area contributed by atoms with Crippen molar-refractivity contribution in [2.75, 3.05) is 13.1 Å². The third-order valence-corrected chi connectivity index (χ3v) is 5.15. The normalized spacial score (nSPS) is 21.0. The van der Waals surface area contributed by atoms with Crippen LogP contribution in [-0.2, 0) is 11.2 Å². The minimum absolute atomic E-state index is 0.0287. The Morgan fingerprint density at radius 1 is 1.17 bits per heavy atom. The van der Waals surface area contributed by atoms with Gasteiger partial charge in [0.05, 0.1) is 6.04 Å². The van der Waals surface area contributed by atoms with Crippen molar-refractivity contribution in [3.05, 3.63) is 34.3 Å². The van der Waals surface area contributed by atoms with Gasteiger partial charge in [0, 0.05) is 31.1 Å². The molecule has 0 spiro atoms. The predicted octanol–water partition coefficient (Wildman–Crippen LogP) is 2.64. The zero-order chi connectivity index (χ0) is 16.4. The van der Waals surface area contributed by atoms with Gasteiger partial charge in [-0.2, -0.15) is 0 Å². The van der Waals surface area contributed by atoms with E-state index in [0.717, 1.165) is 41.8 Å². The second-order valence-electron chi connectivity index (χ2n) is 6.30. The molecule has 3 rings (SSSR count). The number of hydrogen-bond acceptors (Lipinski definition) is 2. The van der Waals surface area contributed by atoms with Crippen molar-refractivity contribution < 1.29 is 9.59 Å². The van der Waals surface area contributed by atoms with Crippen LogP contribution in [0.25, 0.3) is 0 Å². The van der Waals surface area contributed by atoms with Gasteiger partial charge in [-0.15, -0.1) is 0 Å².